The Kier molecular flexibility index (Phi) is 4.47. The molecule has 0 N–H and O–H groups in total. The van der Waals surface area contributed by atoms with Crippen LogP contribution in [0.1, 0.15) is 66.0 Å². The first kappa shape index (κ1) is 15.1. The number of rotatable bonds is 3. The second-order valence-corrected chi connectivity index (χ2v) is 7.03. The second kappa shape index (κ2) is 5.34. The standard InChI is InChI=1S/C17H28O/c1-8-12-18-15-13(16(2,3)4)10-9-11-14(15)17(5,6)7/h9-11H,8,12H2,1-7H3. The van der Waals surface area contributed by atoms with Crippen LogP contribution in [-0.4, -0.2) is 6.61 Å². The zero-order chi connectivity index (χ0) is 14.0. The van der Waals surface area contributed by atoms with Gasteiger partial charge >= 0.3 is 0 Å². The van der Waals surface area contributed by atoms with E-state index in [-0.39, 0.29) is 10.8 Å². The monoisotopic (exact) mass is 248 g/mol. The maximum Gasteiger partial charge on any atom is 0.126 e. The number of benzene rings is 1. The van der Waals surface area contributed by atoms with E-state index < -0.39 is 0 Å². The van der Waals surface area contributed by atoms with Gasteiger partial charge in [0.05, 0.1) is 6.61 Å². The Morgan fingerprint density at radius 2 is 1.33 bits per heavy atom. The highest BCUT2D eigenvalue weighted by Gasteiger charge is 2.26. The summed E-state index contributed by atoms with van der Waals surface area (Å²) in [6.45, 7) is 16.4. The van der Waals surface area contributed by atoms with Crippen molar-refractivity contribution in [1.82, 2.24) is 0 Å². The van der Waals surface area contributed by atoms with E-state index in [9.17, 15) is 0 Å². The molecule has 1 aromatic rings. The Balaban J connectivity index is 3.35. The SMILES string of the molecule is CCCOc1c(C(C)(C)C)cccc1C(C)(C)C. The van der Waals surface area contributed by atoms with Crippen LogP contribution >= 0.6 is 0 Å². The van der Waals surface area contributed by atoms with E-state index in [1.165, 1.54) is 11.1 Å². The van der Waals surface area contributed by atoms with Gasteiger partial charge in [-0.05, 0) is 28.4 Å². The quantitative estimate of drug-likeness (QED) is 0.725. The minimum absolute atomic E-state index is 0.115. The van der Waals surface area contributed by atoms with Crippen molar-refractivity contribution >= 4 is 0 Å². The molecule has 1 rings (SSSR count). The molecule has 1 aromatic carbocycles. The average molecular weight is 248 g/mol. The van der Waals surface area contributed by atoms with Crippen LogP contribution in [-0.2, 0) is 10.8 Å². The van der Waals surface area contributed by atoms with Crippen molar-refractivity contribution in [2.24, 2.45) is 0 Å². The van der Waals surface area contributed by atoms with E-state index >= 15 is 0 Å². The Hall–Kier alpha value is -0.980. The van der Waals surface area contributed by atoms with Crippen LogP contribution in [0.2, 0.25) is 0 Å². The normalized spacial score (nSPS) is 12.6. The van der Waals surface area contributed by atoms with Gasteiger partial charge in [-0.1, -0.05) is 66.7 Å². The first-order valence-electron chi connectivity index (χ1n) is 6.94. The Morgan fingerprint density at radius 1 is 0.889 bits per heavy atom. The smallest absolute Gasteiger partial charge is 0.126 e. The first-order valence-corrected chi connectivity index (χ1v) is 6.94. The lowest BCUT2D eigenvalue weighted by Gasteiger charge is -2.29. The van der Waals surface area contributed by atoms with Crippen LogP contribution in [0.4, 0.5) is 0 Å². The van der Waals surface area contributed by atoms with Gasteiger partial charge in [0.25, 0.3) is 0 Å². The predicted molar refractivity (Wildman–Crippen MR) is 79.6 cm³/mol. The molecule has 1 heteroatoms. The van der Waals surface area contributed by atoms with Crippen molar-refractivity contribution in [3.63, 3.8) is 0 Å². The summed E-state index contributed by atoms with van der Waals surface area (Å²) >= 11 is 0. The van der Waals surface area contributed by atoms with Crippen molar-refractivity contribution in [2.45, 2.75) is 65.7 Å². The van der Waals surface area contributed by atoms with Crippen LogP contribution in [0.5, 0.6) is 5.75 Å². The summed E-state index contributed by atoms with van der Waals surface area (Å²) in [4.78, 5) is 0. The van der Waals surface area contributed by atoms with Crippen molar-refractivity contribution < 1.29 is 4.74 Å². The van der Waals surface area contributed by atoms with Crippen molar-refractivity contribution in [3.8, 4) is 5.75 Å². The fourth-order valence-electron chi connectivity index (χ4n) is 2.08. The summed E-state index contributed by atoms with van der Waals surface area (Å²) in [5.41, 5.74) is 2.85. The Bertz CT molecular complexity index is 359. The summed E-state index contributed by atoms with van der Waals surface area (Å²) < 4.78 is 6.07. The van der Waals surface area contributed by atoms with E-state index in [2.05, 4.69) is 66.7 Å². The Labute approximate surface area is 113 Å². The van der Waals surface area contributed by atoms with Gasteiger partial charge in [0.2, 0.25) is 0 Å². The third kappa shape index (κ3) is 3.51. The fraction of sp³-hybridized carbons (Fsp3) is 0.647. The van der Waals surface area contributed by atoms with Gasteiger partial charge < -0.3 is 4.74 Å². The van der Waals surface area contributed by atoms with Gasteiger partial charge in [0.1, 0.15) is 5.75 Å². The van der Waals surface area contributed by atoms with Gasteiger partial charge in [-0.2, -0.15) is 0 Å². The number of hydrogen-bond acceptors (Lipinski definition) is 1. The molecule has 0 amide bonds. The van der Waals surface area contributed by atoms with E-state index in [0.29, 0.717) is 0 Å². The van der Waals surface area contributed by atoms with Crippen molar-refractivity contribution in [1.29, 1.82) is 0 Å². The first-order chi connectivity index (χ1) is 8.18. The Morgan fingerprint density at radius 3 is 1.67 bits per heavy atom. The zero-order valence-electron chi connectivity index (χ0n) is 13.1. The molecular formula is C17H28O. The molecule has 18 heavy (non-hydrogen) atoms. The molecule has 0 radical (unpaired) electrons. The largest absolute Gasteiger partial charge is 0.493 e. The van der Waals surface area contributed by atoms with Crippen molar-refractivity contribution in [3.05, 3.63) is 29.3 Å². The molecule has 0 aliphatic carbocycles. The maximum absolute atomic E-state index is 6.07. The third-order valence-corrected chi connectivity index (χ3v) is 3.08. The second-order valence-electron chi connectivity index (χ2n) is 7.03. The maximum atomic E-state index is 6.07. The lowest BCUT2D eigenvalue weighted by atomic mass is 9.79. The number of hydrogen-bond donors (Lipinski definition) is 0. The third-order valence-electron chi connectivity index (χ3n) is 3.08. The van der Waals surface area contributed by atoms with Gasteiger partial charge in [0.15, 0.2) is 0 Å². The molecule has 1 nitrogen and oxygen atoms in total. The molecule has 0 atom stereocenters. The van der Waals surface area contributed by atoms with Gasteiger partial charge in [-0.25, -0.2) is 0 Å². The van der Waals surface area contributed by atoms with Crippen LogP contribution in [0.3, 0.4) is 0 Å². The lowest BCUT2D eigenvalue weighted by molar-refractivity contribution is 0.300. The molecule has 102 valence electrons. The molecule has 0 aliphatic rings. The minimum Gasteiger partial charge on any atom is -0.493 e. The summed E-state index contributed by atoms with van der Waals surface area (Å²) in [5, 5.41) is 0. The molecular weight excluding hydrogens is 220 g/mol. The zero-order valence-corrected chi connectivity index (χ0v) is 13.1. The highest BCUT2D eigenvalue weighted by molar-refractivity contribution is 5.48. The number of ether oxygens (including phenoxy) is 1. The summed E-state index contributed by atoms with van der Waals surface area (Å²) in [6.07, 6.45) is 1.04. The van der Waals surface area contributed by atoms with Gasteiger partial charge in [0, 0.05) is 0 Å². The van der Waals surface area contributed by atoms with Crippen LogP contribution < -0.4 is 4.74 Å². The lowest BCUT2D eigenvalue weighted by Crippen LogP contribution is -2.19. The highest BCUT2D eigenvalue weighted by Crippen LogP contribution is 2.39. The van der Waals surface area contributed by atoms with Crippen LogP contribution in [0, 0.1) is 0 Å². The van der Waals surface area contributed by atoms with Crippen LogP contribution in [0.15, 0.2) is 18.2 Å². The highest BCUT2D eigenvalue weighted by atomic mass is 16.5. The van der Waals surface area contributed by atoms with Gasteiger partial charge in [-0.3, -0.25) is 0 Å². The summed E-state index contributed by atoms with van der Waals surface area (Å²) in [5.74, 6) is 1.10. The van der Waals surface area contributed by atoms with E-state index in [1.54, 1.807) is 0 Å². The number of para-hydroxylation sites is 1. The molecule has 0 unspecified atom stereocenters. The molecule has 0 fully saturated rings. The predicted octanol–water partition coefficient (Wildman–Crippen LogP) is 5.07. The molecule has 0 heterocycles. The van der Waals surface area contributed by atoms with E-state index in [0.717, 1.165) is 18.8 Å². The summed E-state index contributed by atoms with van der Waals surface area (Å²) in [7, 11) is 0. The molecule has 0 saturated carbocycles. The van der Waals surface area contributed by atoms with E-state index in [4.69, 9.17) is 4.74 Å². The molecule has 0 aromatic heterocycles. The topological polar surface area (TPSA) is 9.23 Å². The molecule has 0 bridgehead atoms. The summed E-state index contributed by atoms with van der Waals surface area (Å²) in [6, 6.07) is 6.54. The minimum atomic E-state index is 0.115. The fourth-order valence-corrected chi connectivity index (χ4v) is 2.08. The molecule has 0 saturated heterocycles. The van der Waals surface area contributed by atoms with E-state index in [1.807, 2.05) is 0 Å². The van der Waals surface area contributed by atoms with Gasteiger partial charge in [-0.15, -0.1) is 0 Å². The average Bonchev–Trinajstić information content (AvgIpc) is 2.23. The van der Waals surface area contributed by atoms with Crippen LogP contribution in [0.25, 0.3) is 0 Å². The van der Waals surface area contributed by atoms with Crippen molar-refractivity contribution in [2.75, 3.05) is 6.61 Å². The molecule has 0 spiro atoms. The molecule has 0 aliphatic heterocycles.